The number of nitrogens with one attached hydrogen (secondary N) is 1. The topological polar surface area (TPSA) is 70.6 Å². The minimum atomic E-state index is -0.542. The van der Waals surface area contributed by atoms with Crippen molar-refractivity contribution in [1.29, 1.82) is 0 Å². The SMILES string of the molecule is CC(=O)N1N=C(c2n[nH]c3c2CCCC3)OC1c1ccc(C(C)C)cc1. The molecule has 6 nitrogen and oxygen atoms in total. The molecule has 0 radical (unpaired) electrons. The number of ether oxygens (including phenoxy) is 1. The van der Waals surface area contributed by atoms with Crippen molar-refractivity contribution in [3.63, 3.8) is 0 Å². The molecule has 0 bridgehead atoms. The highest BCUT2D eigenvalue weighted by Gasteiger charge is 2.35. The van der Waals surface area contributed by atoms with E-state index in [1.165, 1.54) is 29.5 Å². The van der Waals surface area contributed by atoms with Gasteiger partial charge in [-0.05, 0) is 37.2 Å². The highest BCUT2D eigenvalue weighted by molar-refractivity contribution is 5.96. The minimum Gasteiger partial charge on any atom is -0.445 e. The van der Waals surface area contributed by atoms with Crippen molar-refractivity contribution in [2.75, 3.05) is 0 Å². The number of nitrogens with zero attached hydrogens (tertiary/aromatic N) is 3. The molecule has 4 rings (SSSR count). The van der Waals surface area contributed by atoms with Crippen molar-refractivity contribution >= 4 is 11.8 Å². The molecule has 1 aromatic heterocycles. The van der Waals surface area contributed by atoms with Crippen LogP contribution in [0, 0.1) is 0 Å². The number of rotatable bonds is 3. The second-order valence-corrected chi connectivity index (χ2v) is 7.30. The molecule has 1 aliphatic carbocycles. The van der Waals surface area contributed by atoms with E-state index in [1.54, 1.807) is 0 Å². The average Bonchev–Trinajstić information content (AvgIpc) is 3.26. The van der Waals surface area contributed by atoms with E-state index in [0.29, 0.717) is 11.8 Å². The maximum absolute atomic E-state index is 12.1. The third kappa shape index (κ3) is 2.89. The molecule has 1 N–H and O–H groups in total. The van der Waals surface area contributed by atoms with Gasteiger partial charge in [-0.1, -0.05) is 38.1 Å². The van der Waals surface area contributed by atoms with Crippen LogP contribution in [0.25, 0.3) is 0 Å². The number of hydrogen-bond acceptors (Lipinski definition) is 4. The number of aryl methyl sites for hydroxylation is 1. The van der Waals surface area contributed by atoms with E-state index in [-0.39, 0.29) is 5.91 Å². The van der Waals surface area contributed by atoms with Crippen LogP contribution >= 0.6 is 0 Å². The first-order valence-electron chi connectivity index (χ1n) is 9.26. The van der Waals surface area contributed by atoms with Gasteiger partial charge in [-0.25, -0.2) is 0 Å². The summed E-state index contributed by atoms with van der Waals surface area (Å²) in [4.78, 5) is 12.1. The standard InChI is InChI=1S/C20H24N4O2/c1-12(2)14-8-10-15(11-9-14)20-24(13(3)25)23-19(26-20)18-16-6-4-5-7-17(16)21-22-18/h8-12,20H,4-7H2,1-3H3,(H,21,22). The molecule has 26 heavy (non-hydrogen) atoms. The lowest BCUT2D eigenvalue weighted by atomic mass is 9.96. The molecule has 2 aliphatic rings. The van der Waals surface area contributed by atoms with Crippen molar-refractivity contribution in [1.82, 2.24) is 15.2 Å². The van der Waals surface area contributed by atoms with E-state index in [0.717, 1.165) is 36.2 Å². The zero-order valence-electron chi connectivity index (χ0n) is 15.5. The Morgan fingerprint density at radius 3 is 2.65 bits per heavy atom. The summed E-state index contributed by atoms with van der Waals surface area (Å²) >= 11 is 0. The van der Waals surface area contributed by atoms with E-state index in [2.05, 4.69) is 41.3 Å². The molecule has 1 atom stereocenters. The van der Waals surface area contributed by atoms with Crippen molar-refractivity contribution in [2.24, 2.45) is 5.10 Å². The van der Waals surface area contributed by atoms with Crippen LogP contribution in [0.1, 0.15) is 73.8 Å². The molecule has 0 saturated carbocycles. The van der Waals surface area contributed by atoms with Gasteiger partial charge in [0.1, 0.15) is 0 Å². The van der Waals surface area contributed by atoms with E-state index in [1.807, 2.05) is 12.1 Å². The third-order valence-electron chi connectivity index (χ3n) is 5.11. The molecular formula is C20H24N4O2. The van der Waals surface area contributed by atoms with Crippen molar-refractivity contribution in [3.05, 3.63) is 52.3 Å². The van der Waals surface area contributed by atoms with Crippen LogP contribution in [0.2, 0.25) is 0 Å². The zero-order chi connectivity index (χ0) is 18.3. The first-order valence-corrected chi connectivity index (χ1v) is 9.26. The summed E-state index contributed by atoms with van der Waals surface area (Å²) in [5.41, 5.74) is 5.25. The maximum atomic E-state index is 12.1. The van der Waals surface area contributed by atoms with Gasteiger partial charge in [-0.2, -0.15) is 10.1 Å². The number of hydrazone groups is 1. The van der Waals surface area contributed by atoms with Gasteiger partial charge in [0.25, 0.3) is 5.90 Å². The van der Waals surface area contributed by atoms with Crippen molar-refractivity contribution in [2.45, 2.75) is 58.6 Å². The van der Waals surface area contributed by atoms with E-state index >= 15 is 0 Å². The molecule has 0 spiro atoms. The summed E-state index contributed by atoms with van der Waals surface area (Å²) < 4.78 is 6.10. The van der Waals surface area contributed by atoms with Crippen LogP contribution in [0.4, 0.5) is 0 Å². The summed E-state index contributed by atoms with van der Waals surface area (Å²) in [6.45, 7) is 5.82. The molecule has 1 amide bonds. The van der Waals surface area contributed by atoms with Gasteiger partial charge >= 0.3 is 0 Å². The number of H-pyrrole nitrogens is 1. The second kappa shape index (κ2) is 6.59. The molecule has 6 heteroatoms. The van der Waals surface area contributed by atoms with Crippen LogP contribution in [0.3, 0.4) is 0 Å². The minimum absolute atomic E-state index is 0.151. The Morgan fingerprint density at radius 2 is 1.96 bits per heavy atom. The number of carbonyl (C=O) groups is 1. The highest BCUT2D eigenvalue weighted by Crippen LogP contribution is 2.33. The monoisotopic (exact) mass is 352 g/mol. The van der Waals surface area contributed by atoms with E-state index in [4.69, 9.17) is 4.74 Å². The Kier molecular flexibility index (Phi) is 4.26. The summed E-state index contributed by atoms with van der Waals surface area (Å²) in [6.07, 6.45) is 3.75. The first kappa shape index (κ1) is 16.8. The molecule has 0 saturated heterocycles. The lowest BCUT2D eigenvalue weighted by Crippen LogP contribution is -2.25. The van der Waals surface area contributed by atoms with Crippen molar-refractivity contribution in [3.8, 4) is 0 Å². The Hall–Kier alpha value is -2.63. The van der Waals surface area contributed by atoms with Gasteiger partial charge in [-0.3, -0.25) is 9.89 Å². The largest absolute Gasteiger partial charge is 0.445 e. The van der Waals surface area contributed by atoms with Gasteiger partial charge in [0.15, 0.2) is 5.69 Å². The van der Waals surface area contributed by atoms with Crippen LogP contribution in [-0.4, -0.2) is 27.0 Å². The fraction of sp³-hybridized carbons (Fsp3) is 0.450. The molecule has 1 aliphatic heterocycles. The zero-order valence-corrected chi connectivity index (χ0v) is 15.5. The normalized spacial score (nSPS) is 19.3. The van der Waals surface area contributed by atoms with Gasteiger partial charge in [-0.15, -0.1) is 5.10 Å². The molecular weight excluding hydrogens is 328 g/mol. The predicted molar refractivity (Wildman–Crippen MR) is 98.6 cm³/mol. The first-order chi connectivity index (χ1) is 12.5. The number of amides is 1. The van der Waals surface area contributed by atoms with Crippen molar-refractivity contribution < 1.29 is 9.53 Å². The summed E-state index contributed by atoms with van der Waals surface area (Å²) in [7, 11) is 0. The van der Waals surface area contributed by atoms with Gasteiger partial charge < -0.3 is 4.74 Å². The summed E-state index contributed by atoms with van der Waals surface area (Å²) in [5, 5.41) is 13.4. The number of aromatic nitrogens is 2. The maximum Gasteiger partial charge on any atom is 0.262 e. The quantitative estimate of drug-likeness (QED) is 0.916. The van der Waals surface area contributed by atoms with E-state index in [9.17, 15) is 4.79 Å². The number of hydrogen-bond donors (Lipinski definition) is 1. The average molecular weight is 352 g/mol. The predicted octanol–water partition coefficient (Wildman–Crippen LogP) is 3.65. The lowest BCUT2D eigenvalue weighted by molar-refractivity contribution is -0.135. The van der Waals surface area contributed by atoms with Crippen LogP contribution < -0.4 is 0 Å². The lowest BCUT2D eigenvalue weighted by Gasteiger charge is -2.19. The second-order valence-electron chi connectivity index (χ2n) is 7.30. The fourth-order valence-electron chi connectivity index (χ4n) is 3.58. The van der Waals surface area contributed by atoms with Crippen LogP contribution in [0.5, 0.6) is 0 Å². The van der Waals surface area contributed by atoms with Crippen LogP contribution in [0.15, 0.2) is 29.4 Å². The Balaban J connectivity index is 1.64. The smallest absolute Gasteiger partial charge is 0.262 e. The highest BCUT2D eigenvalue weighted by atomic mass is 16.5. The molecule has 2 heterocycles. The van der Waals surface area contributed by atoms with Gasteiger partial charge in [0, 0.05) is 23.7 Å². The Labute approximate surface area is 153 Å². The molecule has 0 fully saturated rings. The number of aromatic amines is 1. The number of benzene rings is 1. The Morgan fingerprint density at radius 1 is 1.23 bits per heavy atom. The molecule has 1 unspecified atom stereocenters. The summed E-state index contributed by atoms with van der Waals surface area (Å²) in [5.74, 6) is 0.736. The van der Waals surface area contributed by atoms with Crippen LogP contribution in [-0.2, 0) is 22.4 Å². The fourth-order valence-corrected chi connectivity index (χ4v) is 3.58. The Bertz CT molecular complexity index is 851. The summed E-state index contributed by atoms with van der Waals surface area (Å²) in [6, 6.07) is 8.18. The van der Waals surface area contributed by atoms with Gasteiger partial charge in [0.2, 0.25) is 12.1 Å². The number of carbonyl (C=O) groups excluding carboxylic acids is 1. The third-order valence-corrected chi connectivity index (χ3v) is 5.11. The van der Waals surface area contributed by atoms with Gasteiger partial charge in [0.05, 0.1) is 0 Å². The molecule has 1 aromatic carbocycles. The van der Waals surface area contributed by atoms with E-state index < -0.39 is 6.23 Å². The number of fused-ring (bicyclic) bond motifs is 1. The molecule has 2 aromatic rings. The molecule has 136 valence electrons.